The van der Waals surface area contributed by atoms with E-state index in [9.17, 15) is 14.4 Å². The molecule has 0 aliphatic carbocycles. The van der Waals surface area contributed by atoms with E-state index in [0.29, 0.717) is 28.5 Å². The van der Waals surface area contributed by atoms with Crippen molar-refractivity contribution in [2.75, 3.05) is 25.8 Å². The quantitative estimate of drug-likeness (QED) is 0.635. The number of halogens is 1. The molecule has 0 spiro atoms. The van der Waals surface area contributed by atoms with Crippen molar-refractivity contribution in [3.05, 3.63) is 51.3 Å². The Labute approximate surface area is 184 Å². The number of ether oxygens (including phenoxy) is 3. The Balaban J connectivity index is 1.46. The number of thioether (sulfide) groups is 1. The fourth-order valence-corrected chi connectivity index (χ4v) is 4.12. The minimum absolute atomic E-state index is 0.124. The van der Waals surface area contributed by atoms with Crippen LogP contribution in [0.25, 0.3) is 6.08 Å². The van der Waals surface area contributed by atoms with Crippen molar-refractivity contribution in [1.82, 2.24) is 4.90 Å². The van der Waals surface area contributed by atoms with Crippen molar-refractivity contribution in [2.45, 2.75) is 0 Å². The summed E-state index contributed by atoms with van der Waals surface area (Å²) in [5.41, 5.74) is 1.12. The van der Waals surface area contributed by atoms with E-state index in [-0.39, 0.29) is 11.7 Å². The number of anilines is 1. The second kappa shape index (κ2) is 8.41. The number of nitrogens with zero attached hydrogens (tertiary/aromatic N) is 1. The summed E-state index contributed by atoms with van der Waals surface area (Å²) < 4.78 is 16.6. The maximum Gasteiger partial charge on any atom is 0.294 e. The average molecular weight is 491 g/mol. The van der Waals surface area contributed by atoms with E-state index < -0.39 is 23.6 Å². The summed E-state index contributed by atoms with van der Waals surface area (Å²) >= 11 is 4.15. The lowest BCUT2D eigenvalue weighted by Crippen LogP contribution is -2.36. The highest BCUT2D eigenvalue weighted by Gasteiger charge is 2.36. The number of hydrogen-bond donors (Lipinski definition) is 1. The van der Waals surface area contributed by atoms with Gasteiger partial charge in [-0.2, -0.15) is 0 Å². The van der Waals surface area contributed by atoms with Gasteiger partial charge < -0.3 is 19.5 Å². The minimum Gasteiger partial charge on any atom is -0.496 e. The highest BCUT2D eigenvalue weighted by Crippen LogP contribution is 2.36. The first-order valence-electron chi connectivity index (χ1n) is 8.73. The molecule has 4 rings (SSSR count). The van der Waals surface area contributed by atoms with E-state index in [1.807, 2.05) is 6.07 Å². The molecule has 8 nitrogen and oxygen atoms in total. The van der Waals surface area contributed by atoms with Gasteiger partial charge >= 0.3 is 0 Å². The largest absolute Gasteiger partial charge is 0.496 e. The van der Waals surface area contributed by atoms with E-state index in [2.05, 4.69) is 21.2 Å². The number of rotatable bonds is 5. The van der Waals surface area contributed by atoms with Crippen molar-refractivity contribution in [3.63, 3.8) is 0 Å². The lowest BCUT2D eigenvalue weighted by molar-refractivity contribution is -0.127. The Morgan fingerprint density at radius 3 is 2.83 bits per heavy atom. The molecular weight excluding hydrogens is 476 g/mol. The molecule has 0 aromatic heterocycles. The minimum atomic E-state index is -0.534. The SMILES string of the molecule is COc1ccc(Br)cc1/C=C1/SC(=O)N(CC(=O)Nc2ccc3c(c2)OCO3)C1=O. The van der Waals surface area contributed by atoms with Gasteiger partial charge in [0.05, 0.1) is 12.0 Å². The van der Waals surface area contributed by atoms with E-state index in [0.717, 1.165) is 21.1 Å². The summed E-state index contributed by atoms with van der Waals surface area (Å²) in [6.45, 7) is -0.273. The van der Waals surface area contributed by atoms with E-state index >= 15 is 0 Å². The van der Waals surface area contributed by atoms with Crippen molar-refractivity contribution in [1.29, 1.82) is 0 Å². The van der Waals surface area contributed by atoms with Gasteiger partial charge in [0.1, 0.15) is 12.3 Å². The number of benzene rings is 2. The maximum atomic E-state index is 12.7. The van der Waals surface area contributed by atoms with Gasteiger partial charge in [0.2, 0.25) is 12.7 Å². The number of amides is 3. The smallest absolute Gasteiger partial charge is 0.294 e. The van der Waals surface area contributed by atoms with Crippen molar-refractivity contribution in [2.24, 2.45) is 0 Å². The molecule has 2 aliphatic heterocycles. The number of nitrogens with one attached hydrogen (secondary N) is 1. The third kappa shape index (κ3) is 4.14. The Morgan fingerprint density at radius 2 is 2.03 bits per heavy atom. The highest BCUT2D eigenvalue weighted by molar-refractivity contribution is 9.10. The van der Waals surface area contributed by atoms with Crippen molar-refractivity contribution >= 4 is 56.5 Å². The number of imide groups is 1. The number of carbonyl (C=O) groups is 3. The zero-order chi connectivity index (χ0) is 21.3. The predicted octanol–water partition coefficient (Wildman–Crippen LogP) is 3.86. The van der Waals surface area contributed by atoms with Gasteiger partial charge in [-0.05, 0) is 48.2 Å². The topological polar surface area (TPSA) is 94.2 Å². The fourth-order valence-electron chi connectivity index (χ4n) is 2.91. The Hall–Kier alpha value is -2.98. The molecule has 10 heteroatoms. The van der Waals surface area contributed by atoms with Gasteiger partial charge in [-0.25, -0.2) is 0 Å². The predicted molar refractivity (Wildman–Crippen MR) is 115 cm³/mol. The molecule has 0 saturated carbocycles. The normalized spacial score (nSPS) is 16.3. The third-order valence-corrected chi connectivity index (χ3v) is 5.71. The van der Waals surface area contributed by atoms with E-state index in [4.69, 9.17) is 14.2 Å². The van der Waals surface area contributed by atoms with Gasteiger partial charge in [0.15, 0.2) is 11.5 Å². The van der Waals surface area contributed by atoms with Crippen LogP contribution < -0.4 is 19.5 Å². The molecule has 1 fully saturated rings. The molecule has 0 bridgehead atoms. The lowest BCUT2D eigenvalue weighted by atomic mass is 10.2. The molecule has 0 radical (unpaired) electrons. The molecule has 2 aromatic carbocycles. The summed E-state index contributed by atoms with van der Waals surface area (Å²) in [6, 6.07) is 10.3. The van der Waals surface area contributed by atoms with Gasteiger partial charge in [-0.15, -0.1) is 0 Å². The van der Waals surface area contributed by atoms with Gasteiger partial charge in [-0.1, -0.05) is 15.9 Å². The standard InChI is InChI=1S/C20H15BrN2O6S/c1-27-14-4-2-12(21)6-11(14)7-17-19(25)23(20(26)30-17)9-18(24)22-13-3-5-15-16(8-13)29-10-28-15/h2-8H,9-10H2,1H3,(H,22,24)/b17-7+. The van der Waals surface area contributed by atoms with Crippen LogP contribution >= 0.6 is 27.7 Å². The second-order valence-electron chi connectivity index (χ2n) is 6.27. The number of fused-ring (bicyclic) bond motifs is 1. The summed E-state index contributed by atoms with van der Waals surface area (Å²) in [6.07, 6.45) is 1.57. The summed E-state index contributed by atoms with van der Waals surface area (Å²) in [7, 11) is 1.52. The summed E-state index contributed by atoms with van der Waals surface area (Å²) in [4.78, 5) is 38.5. The lowest BCUT2D eigenvalue weighted by Gasteiger charge is -2.12. The maximum absolute atomic E-state index is 12.7. The Kier molecular flexibility index (Phi) is 5.69. The molecule has 154 valence electrons. The fraction of sp³-hybridized carbons (Fsp3) is 0.150. The average Bonchev–Trinajstić information content (AvgIpc) is 3.28. The monoisotopic (exact) mass is 490 g/mol. The van der Waals surface area contributed by atoms with E-state index in [1.54, 1.807) is 36.4 Å². The molecule has 3 amide bonds. The molecule has 30 heavy (non-hydrogen) atoms. The zero-order valence-corrected chi connectivity index (χ0v) is 18.0. The van der Waals surface area contributed by atoms with Crippen LogP contribution in [0.5, 0.6) is 17.2 Å². The number of hydrogen-bond acceptors (Lipinski definition) is 7. The second-order valence-corrected chi connectivity index (χ2v) is 8.18. The first-order valence-corrected chi connectivity index (χ1v) is 10.3. The summed E-state index contributed by atoms with van der Waals surface area (Å²) in [5, 5.41) is 2.14. The number of carbonyl (C=O) groups excluding carboxylic acids is 3. The van der Waals surface area contributed by atoms with Crippen LogP contribution in [0, 0.1) is 0 Å². The van der Waals surface area contributed by atoms with Crippen LogP contribution in [0.3, 0.4) is 0 Å². The van der Waals surface area contributed by atoms with Crippen LogP contribution in [0.4, 0.5) is 10.5 Å². The first kappa shape index (κ1) is 20.3. The zero-order valence-electron chi connectivity index (χ0n) is 15.6. The van der Waals surface area contributed by atoms with Crippen molar-refractivity contribution in [3.8, 4) is 17.2 Å². The van der Waals surface area contributed by atoms with Crippen molar-refractivity contribution < 1.29 is 28.6 Å². The van der Waals surface area contributed by atoms with Gasteiger partial charge in [0.25, 0.3) is 11.1 Å². The molecule has 2 heterocycles. The molecule has 1 saturated heterocycles. The first-order chi connectivity index (χ1) is 14.4. The highest BCUT2D eigenvalue weighted by atomic mass is 79.9. The van der Waals surface area contributed by atoms with E-state index in [1.165, 1.54) is 7.11 Å². The van der Waals surface area contributed by atoms with Gasteiger partial charge in [0, 0.05) is 21.8 Å². The molecule has 1 N–H and O–H groups in total. The van der Waals surface area contributed by atoms with Crippen LogP contribution in [0.1, 0.15) is 5.56 Å². The van der Waals surface area contributed by atoms with Crippen LogP contribution in [-0.4, -0.2) is 42.4 Å². The Morgan fingerprint density at radius 1 is 1.23 bits per heavy atom. The van der Waals surface area contributed by atoms with Crippen LogP contribution in [-0.2, 0) is 9.59 Å². The molecular formula is C20H15BrN2O6S. The molecule has 0 atom stereocenters. The van der Waals surface area contributed by atoms with Crippen LogP contribution in [0.15, 0.2) is 45.8 Å². The van der Waals surface area contributed by atoms with Crippen LogP contribution in [0.2, 0.25) is 0 Å². The van der Waals surface area contributed by atoms with Gasteiger partial charge in [-0.3, -0.25) is 19.3 Å². The molecule has 0 unspecified atom stereocenters. The third-order valence-electron chi connectivity index (χ3n) is 4.31. The summed E-state index contributed by atoms with van der Waals surface area (Å²) in [5.74, 6) is 0.632. The molecule has 2 aliphatic rings. The number of methoxy groups -OCH3 is 1. The molecule has 2 aromatic rings. The Bertz CT molecular complexity index is 1090.